The number of rotatable bonds is 6. The molecule has 0 aliphatic carbocycles. The van der Waals surface area contributed by atoms with Crippen molar-refractivity contribution in [1.29, 1.82) is 0 Å². The molecule has 1 fully saturated rings. The smallest absolute Gasteiger partial charge is 0.250 e. The van der Waals surface area contributed by atoms with Crippen LogP contribution in [0.15, 0.2) is 70.1 Å². The van der Waals surface area contributed by atoms with Crippen LogP contribution in [0.3, 0.4) is 0 Å². The van der Waals surface area contributed by atoms with E-state index >= 15 is 0 Å². The number of benzene rings is 2. The zero-order valence-corrected chi connectivity index (χ0v) is 20.1. The monoisotopic (exact) mass is 484 g/mol. The summed E-state index contributed by atoms with van der Waals surface area (Å²) in [6.45, 7) is 5.30. The summed E-state index contributed by atoms with van der Waals surface area (Å²) in [5.41, 5.74) is 3.39. The maximum atomic E-state index is 13.4. The van der Waals surface area contributed by atoms with Gasteiger partial charge in [0.1, 0.15) is 23.3 Å². The minimum Gasteiger partial charge on any atom is -0.508 e. The van der Waals surface area contributed by atoms with Crippen molar-refractivity contribution >= 4 is 16.8 Å². The Bertz CT molecular complexity index is 1500. The van der Waals surface area contributed by atoms with Gasteiger partial charge in [-0.05, 0) is 61.7 Å². The lowest BCUT2D eigenvalue weighted by Gasteiger charge is -2.42. The number of likely N-dealkylation sites (tertiary alicyclic amines) is 1. The molecule has 0 radical (unpaired) electrons. The summed E-state index contributed by atoms with van der Waals surface area (Å²) in [4.78, 5) is 28.1. The fourth-order valence-electron chi connectivity index (χ4n) is 5.89. The molecule has 0 spiro atoms. The van der Waals surface area contributed by atoms with Gasteiger partial charge in [-0.2, -0.15) is 0 Å². The molecular weight excluding hydrogens is 456 g/mol. The molecule has 2 bridgehead atoms. The van der Waals surface area contributed by atoms with Crippen molar-refractivity contribution in [2.75, 3.05) is 19.7 Å². The lowest BCUT2D eigenvalue weighted by atomic mass is 9.83. The highest BCUT2D eigenvalue weighted by molar-refractivity contribution is 6.16. The Labute approximate surface area is 208 Å². The van der Waals surface area contributed by atoms with Gasteiger partial charge >= 0.3 is 0 Å². The van der Waals surface area contributed by atoms with Gasteiger partial charge in [0.2, 0.25) is 0 Å². The number of fused-ring (bicyclic) bond motifs is 5. The summed E-state index contributed by atoms with van der Waals surface area (Å²) in [5.74, 6) is 1.34. The van der Waals surface area contributed by atoms with Crippen LogP contribution in [0.1, 0.15) is 46.4 Å². The maximum absolute atomic E-state index is 13.4. The first-order valence-corrected chi connectivity index (χ1v) is 12.4. The van der Waals surface area contributed by atoms with E-state index in [1.54, 1.807) is 42.5 Å². The van der Waals surface area contributed by atoms with Crippen molar-refractivity contribution in [2.45, 2.75) is 32.4 Å². The molecule has 7 heteroatoms. The number of piperidine rings is 1. The van der Waals surface area contributed by atoms with Gasteiger partial charge < -0.3 is 18.8 Å². The molecule has 1 saturated heterocycles. The molecule has 2 aliphatic rings. The number of furan rings is 1. The number of carbonyl (C=O) groups is 1. The summed E-state index contributed by atoms with van der Waals surface area (Å²) in [6.07, 6.45) is 2.54. The van der Waals surface area contributed by atoms with Crippen LogP contribution < -0.4 is 10.3 Å². The molecule has 184 valence electrons. The summed E-state index contributed by atoms with van der Waals surface area (Å²) < 4.78 is 13.2. The SMILES string of the molecule is CCOc1ccc(C(=O)c2coc3ccc(O)c(CN4CC5CC(C4)c4cccc(=O)n4C5)c23)cc1. The molecule has 2 unspecified atom stereocenters. The predicted octanol–water partition coefficient (Wildman–Crippen LogP) is 4.55. The third-order valence-corrected chi connectivity index (χ3v) is 7.43. The highest BCUT2D eigenvalue weighted by Gasteiger charge is 2.35. The Balaban J connectivity index is 1.32. The number of nitrogens with zero attached hydrogens (tertiary/aromatic N) is 2. The maximum Gasteiger partial charge on any atom is 0.250 e. The van der Waals surface area contributed by atoms with Crippen LogP contribution in [0.4, 0.5) is 0 Å². The van der Waals surface area contributed by atoms with Crippen molar-refractivity contribution in [1.82, 2.24) is 9.47 Å². The third-order valence-electron chi connectivity index (χ3n) is 7.43. The zero-order chi connectivity index (χ0) is 24.8. The Morgan fingerprint density at radius 3 is 2.72 bits per heavy atom. The molecule has 0 saturated carbocycles. The number of phenols is 1. The molecule has 0 amide bonds. The molecule has 2 atom stereocenters. The highest BCUT2D eigenvalue weighted by atomic mass is 16.5. The number of aromatic hydroxyl groups is 1. The van der Waals surface area contributed by atoms with E-state index in [9.17, 15) is 14.7 Å². The molecule has 2 aliphatic heterocycles. The Morgan fingerprint density at radius 1 is 1.08 bits per heavy atom. The minimum atomic E-state index is -0.160. The second kappa shape index (κ2) is 8.99. The summed E-state index contributed by atoms with van der Waals surface area (Å²) >= 11 is 0. The van der Waals surface area contributed by atoms with Gasteiger partial charge in [-0.1, -0.05) is 6.07 Å². The first kappa shape index (κ1) is 22.6. The van der Waals surface area contributed by atoms with Crippen LogP contribution >= 0.6 is 0 Å². The van der Waals surface area contributed by atoms with E-state index in [-0.39, 0.29) is 23.0 Å². The zero-order valence-electron chi connectivity index (χ0n) is 20.1. The van der Waals surface area contributed by atoms with E-state index in [1.165, 1.54) is 6.26 Å². The summed E-state index contributed by atoms with van der Waals surface area (Å²) in [6, 6.07) is 15.9. The van der Waals surface area contributed by atoms with Gasteiger partial charge in [-0.25, -0.2) is 0 Å². The molecule has 4 heterocycles. The minimum absolute atomic E-state index is 0.0638. The van der Waals surface area contributed by atoms with Gasteiger partial charge in [0.25, 0.3) is 5.56 Å². The lowest BCUT2D eigenvalue weighted by molar-refractivity contribution is 0.103. The molecule has 1 N–H and O–H groups in total. The van der Waals surface area contributed by atoms with Gasteiger partial charge in [-0.3, -0.25) is 14.5 Å². The highest BCUT2D eigenvalue weighted by Crippen LogP contribution is 2.38. The Hall–Kier alpha value is -3.84. The first-order chi connectivity index (χ1) is 17.5. The number of phenolic OH excluding ortho intramolecular Hbond substituents is 1. The second-order valence-corrected chi connectivity index (χ2v) is 9.76. The molecule has 4 aromatic rings. The number of ether oxygens (including phenoxy) is 1. The van der Waals surface area contributed by atoms with E-state index in [0.717, 1.165) is 25.2 Å². The Morgan fingerprint density at radius 2 is 1.92 bits per heavy atom. The van der Waals surface area contributed by atoms with E-state index in [1.807, 2.05) is 23.6 Å². The van der Waals surface area contributed by atoms with Crippen molar-refractivity contribution in [3.63, 3.8) is 0 Å². The van der Waals surface area contributed by atoms with Crippen molar-refractivity contribution in [3.8, 4) is 11.5 Å². The van der Waals surface area contributed by atoms with E-state index in [2.05, 4.69) is 4.90 Å². The summed E-state index contributed by atoms with van der Waals surface area (Å²) in [5, 5.41) is 11.5. The van der Waals surface area contributed by atoms with Gasteiger partial charge in [0.05, 0.1) is 12.2 Å². The van der Waals surface area contributed by atoms with Gasteiger partial charge in [0.15, 0.2) is 5.78 Å². The first-order valence-electron chi connectivity index (χ1n) is 12.4. The fourth-order valence-corrected chi connectivity index (χ4v) is 5.89. The van der Waals surface area contributed by atoms with Gasteiger partial charge in [0, 0.05) is 60.4 Å². The van der Waals surface area contributed by atoms with Crippen LogP contribution in [-0.4, -0.2) is 40.1 Å². The number of carbonyl (C=O) groups excluding carboxylic acids is 1. The van der Waals surface area contributed by atoms with Crippen LogP contribution in [0.2, 0.25) is 0 Å². The molecule has 2 aromatic heterocycles. The molecule has 6 rings (SSSR count). The number of hydrogen-bond donors (Lipinski definition) is 1. The number of hydrogen-bond acceptors (Lipinski definition) is 6. The van der Waals surface area contributed by atoms with Crippen LogP contribution in [-0.2, 0) is 13.1 Å². The molecule has 36 heavy (non-hydrogen) atoms. The van der Waals surface area contributed by atoms with Crippen molar-refractivity contribution < 1.29 is 19.1 Å². The largest absolute Gasteiger partial charge is 0.508 e. The predicted molar refractivity (Wildman–Crippen MR) is 136 cm³/mol. The lowest BCUT2D eigenvalue weighted by Crippen LogP contribution is -2.46. The Kier molecular flexibility index (Phi) is 5.64. The number of pyridine rings is 1. The molecule has 7 nitrogen and oxygen atoms in total. The average molecular weight is 485 g/mol. The van der Waals surface area contributed by atoms with E-state index in [4.69, 9.17) is 9.15 Å². The molecule has 2 aromatic carbocycles. The van der Waals surface area contributed by atoms with Crippen molar-refractivity contribution in [3.05, 3.63) is 93.6 Å². The molecular formula is C29H28N2O5. The second-order valence-electron chi connectivity index (χ2n) is 9.76. The third kappa shape index (κ3) is 3.89. The van der Waals surface area contributed by atoms with Gasteiger partial charge in [-0.15, -0.1) is 0 Å². The van der Waals surface area contributed by atoms with Crippen LogP contribution in [0, 0.1) is 5.92 Å². The van der Waals surface area contributed by atoms with Crippen LogP contribution in [0.25, 0.3) is 11.0 Å². The fraction of sp³-hybridized carbons (Fsp3) is 0.310. The van der Waals surface area contributed by atoms with Crippen molar-refractivity contribution in [2.24, 2.45) is 5.92 Å². The average Bonchev–Trinajstić information content (AvgIpc) is 3.31. The number of aromatic nitrogens is 1. The van der Waals surface area contributed by atoms with E-state index < -0.39 is 0 Å². The number of ketones is 1. The standard InChI is InChI=1S/C29H28N2O5/c1-2-35-21-8-6-19(7-9-21)29(34)23-17-36-26-11-10-25(32)22(28(23)26)16-30-13-18-12-20(15-30)24-4-3-5-27(33)31(24)14-18/h3-11,17-18,20,32H,2,12-16H2,1H3. The topological polar surface area (TPSA) is 84.9 Å². The quantitative estimate of drug-likeness (QED) is 0.404. The van der Waals surface area contributed by atoms with Crippen LogP contribution in [0.5, 0.6) is 11.5 Å². The normalized spacial score (nSPS) is 19.2. The van der Waals surface area contributed by atoms with E-state index in [0.29, 0.717) is 59.0 Å². The summed E-state index contributed by atoms with van der Waals surface area (Å²) in [7, 11) is 0.